The second kappa shape index (κ2) is 10.4. The Bertz CT molecular complexity index is 1170. The number of piperidine rings is 1. The standard InChI is InChI=1S/C25H30FN3O4S/c1-34(31,32)28-25(30)22-12-21(18-6-7-18)24(13-23(22)26)33-16-17-8-10-29(11-9-17)15-20-5-3-2-4-19(20)14-27/h2-5,12-13,17-18,25,28,30H,6-11,15-16H2,1H3. The van der Waals surface area contributed by atoms with E-state index in [0.29, 0.717) is 23.8 Å². The fraction of sp³-hybridized carbons (Fsp3) is 0.480. The average Bonchev–Trinajstić information content (AvgIpc) is 3.63. The lowest BCUT2D eigenvalue weighted by Crippen LogP contribution is -2.35. The zero-order valence-electron chi connectivity index (χ0n) is 19.2. The number of nitrogens with one attached hydrogen (secondary N) is 1. The number of aliphatic hydroxyl groups is 1. The summed E-state index contributed by atoms with van der Waals surface area (Å²) in [6, 6.07) is 12.7. The van der Waals surface area contributed by atoms with Gasteiger partial charge in [0.1, 0.15) is 17.8 Å². The van der Waals surface area contributed by atoms with Crippen LogP contribution in [0.1, 0.15) is 60.1 Å². The first-order chi connectivity index (χ1) is 16.2. The predicted molar refractivity (Wildman–Crippen MR) is 126 cm³/mol. The number of nitrogens with zero attached hydrogens (tertiary/aromatic N) is 2. The van der Waals surface area contributed by atoms with Gasteiger partial charge in [0.2, 0.25) is 10.0 Å². The van der Waals surface area contributed by atoms with E-state index in [4.69, 9.17) is 4.74 Å². The number of hydrogen-bond acceptors (Lipinski definition) is 6. The van der Waals surface area contributed by atoms with Gasteiger partial charge in [0.05, 0.1) is 24.5 Å². The highest BCUT2D eigenvalue weighted by Gasteiger charge is 2.30. The van der Waals surface area contributed by atoms with Crippen LogP contribution in [0.25, 0.3) is 0 Å². The maximum Gasteiger partial charge on any atom is 0.211 e. The van der Waals surface area contributed by atoms with Crippen molar-refractivity contribution in [3.63, 3.8) is 0 Å². The van der Waals surface area contributed by atoms with Crippen LogP contribution in [0.4, 0.5) is 4.39 Å². The molecule has 0 radical (unpaired) electrons. The van der Waals surface area contributed by atoms with Gasteiger partial charge in [0, 0.05) is 18.2 Å². The van der Waals surface area contributed by atoms with Gasteiger partial charge in [0.25, 0.3) is 0 Å². The van der Waals surface area contributed by atoms with Crippen LogP contribution in [0.5, 0.6) is 5.75 Å². The quantitative estimate of drug-likeness (QED) is 0.526. The minimum Gasteiger partial charge on any atom is -0.493 e. The fourth-order valence-electron chi connectivity index (χ4n) is 4.43. The number of benzene rings is 2. The zero-order valence-corrected chi connectivity index (χ0v) is 20.0. The van der Waals surface area contributed by atoms with Crippen LogP contribution in [0.3, 0.4) is 0 Å². The van der Waals surface area contributed by atoms with E-state index in [1.54, 1.807) is 0 Å². The summed E-state index contributed by atoms with van der Waals surface area (Å²) in [4.78, 5) is 2.34. The number of aliphatic hydroxyl groups excluding tert-OH is 1. The molecule has 1 heterocycles. The van der Waals surface area contributed by atoms with Crippen LogP contribution in [0, 0.1) is 23.1 Å². The Morgan fingerprint density at radius 2 is 1.94 bits per heavy atom. The van der Waals surface area contributed by atoms with Crippen molar-refractivity contribution < 1.29 is 22.7 Å². The van der Waals surface area contributed by atoms with E-state index >= 15 is 0 Å². The summed E-state index contributed by atoms with van der Waals surface area (Å²) in [7, 11) is -3.69. The Labute approximate surface area is 200 Å². The SMILES string of the molecule is CS(=O)(=O)NC(O)c1cc(C2CC2)c(OCC2CCN(Cc3ccccc3C#N)CC2)cc1F. The monoisotopic (exact) mass is 487 g/mol. The molecule has 1 aliphatic heterocycles. The van der Waals surface area contributed by atoms with Crippen LogP contribution in [0.15, 0.2) is 36.4 Å². The first kappa shape index (κ1) is 24.6. The Kier molecular flexibility index (Phi) is 7.53. The maximum absolute atomic E-state index is 14.7. The van der Waals surface area contributed by atoms with Gasteiger partial charge in [-0.2, -0.15) is 9.98 Å². The number of halogens is 1. The lowest BCUT2D eigenvalue weighted by atomic mass is 9.96. The van der Waals surface area contributed by atoms with Gasteiger partial charge in [-0.15, -0.1) is 0 Å². The second-order valence-corrected chi connectivity index (χ2v) is 11.1. The molecule has 182 valence electrons. The molecule has 1 atom stereocenters. The third-order valence-electron chi connectivity index (χ3n) is 6.48. The molecule has 2 fully saturated rings. The van der Waals surface area contributed by atoms with Crippen molar-refractivity contribution in [3.8, 4) is 11.8 Å². The van der Waals surface area contributed by atoms with Gasteiger partial charge in [0.15, 0.2) is 0 Å². The van der Waals surface area contributed by atoms with Gasteiger partial charge in [-0.25, -0.2) is 12.8 Å². The summed E-state index contributed by atoms with van der Waals surface area (Å²) in [6.07, 6.45) is 3.09. The third-order valence-corrected chi connectivity index (χ3v) is 7.13. The summed E-state index contributed by atoms with van der Waals surface area (Å²) < 4.78 is 45.6. The molecular formula is C25H30FN3O4S. The molecule has 0 aromatic heterocycles. The van der Waals surface area contributed by atoms with E-state index in [-0.39, 0.29) is 11.5 Å². The van der Waals surface area contributed by atoms with Gasteiger partial charge < -0.3 is 9.84 Å². The van der Waals surface area contributed by atoms with E-state index < -0.39 is 22.1 Å². The molecule has 1 saturated heterocycles. The Morgan fingerprint density at radius 3 is 2.59 bits per heavy atom. The predicted octanol–water partition coefficient (Wildman–Crippen LogP) is 3.41. The number of likely N-dealkylation sites (tertiary alicyclic amines) is 1. The summed E-state index contributed by atoms with van der Waals surface area (Å²) in [5.41, 5.74) is 2.47. The molecule has 0 spiro atoms. The first-order valence-corrected chi connectivity index (χ1v) is 13.4. The maximum atomic E-state index is 14.7. The van der Waals surface area contributed by atoms with Crippen molar-refractivity contribution in [1.29, 1.82) is 5.26 Å². The number of nitriles is 1. The Hall–Kier alpha value is -2.51. The van der Waals surface area contributed by atoms with Crippen molar-refractivity contribution in [3.05, 3.63) is 64.5 Å². The van der Waals surface area contributed by atoms with Gasteiger partial charge in [-0.05, 0) is 73.9 Å². The molecule has 2 aromatic rings. The number of ether oxygens (including phenoxy) is 1. The third kappa shape index (κ3) is 6.33. The van der Waals surface area contributed by atoms with E-state index in [1.807, 2.05) is 29.0 Å². The summed E-state index contributed by atoms with van der Waals surface area (Å²) >= 11 is 0. The highest BCUT2D eigenvalue weighted by Crippen LogP contribution is 2.45. The second-order valence-electron chi connectivity index (χ2n) is 9.28. The average molecular weight is 488 g/mol. The highest BCUT2D eigenvalue weighted by molar-refractivity contribution is 7.88. The molecular weight excluding hydrogens is 457 g/mol. The minimum atomic E-state index is -3.69. The summed E-state index contributed by atoms with van der Waals surface area (Å²) in [6.45, 7) is 3.03. The van der Waals surface area contributed by atoms with E-state index in [2.05, 4.69) is 11.0 Å². The van der Waals surface area contributed by atoms with E-state index in [0.717, 1.165) is 62.7 Å². The normalized spacial score (nSPS) is 18.4. The summed E-state index contributed by atoms with van der Waals surface area (Å²) in [5, 5.41) is 19.5. The van der Waals surface area contributed by atoms with E-state index in [9.17, 15) is 23.2 Å². The first-order valence-electron chi connectivity index (χ1n) is 11.6. The molecule has 34 heavy (non-hydrogen) atoms. The number of hydrogen-bond donors (Lipinski definition) is 2. The van der Waals surface area contributed by atoms with E-state index in [1.165, 1.54) is 12.1 Å². The fourth-order valence-corrected chi connectivity index (χ4v) is 4.96. The van der Waals surface area contributed by atoms with Crippen molar-refractivity contribution in [1.82, 2.24) is 9.62 Å². The molecule has 2 aromatic carbocycles. The largest absolute Gasteiger partial charge is 0.493 e. The molecule has 0 amide bonds. The van der Waals surface area contributed by atoms with Crippen molar-refractivity contribution in [2.75, 3.05) is 26.0 Å². The highest BCUT2D eigenvalue weighted by atomic mass is 32.2. The Balaban J connectivity index is 1.36. The van der Waals surface area contributed by atoms with Crippen molar-refractivity contribution in [2.45, 2.75) is 44.4 Å². The van der Waals surface area contributed by atoms with Crippen LogP contribution < -0.4 is 9.46 Å². The zero-order chi connectivity index (χ0) is 24.3. The molecule has 7 nitrogen and oxygen atoms in total. The van der Waals surface area contributed by atoms with Crippen LogP contribution >= 0.6 is 0 Å². The van der Waals surface area contributed by atoms with Crippen LogP contribution in [-0.2, 0) is 16.6 Å². The lowest BCUT2D eigenvalue weighted by Gasteiger charge is -2.32. The molecule has 4 rings (SSSR count). The molecule has 1 unspecified atom stereocenters. The van der Waals surface area contributed by atoms with Crippen molar-refractivity contribution in [2.24, 2.45) is 5.92 Å². The van der Waals surface area contributed by atoms with Crippen LogP contribution in [-0.4, -0.2) is 44.4 Å². The molecule has 1 saturated carbocycles. The number of sulfonamides is 1. The lowest BCUT2D eigenvalue weighted by molar-refractivity contribution is 0.135. The van der Waals surface area contributed by atoms with Crippen LogP contribution in [0.2, 0.25) is 0 Å². The molecule has 1 aliphatic carbocycles. The smallest absolute Gasteiger partial charge is 0.211 e. The molecule has 9 heteroatoms. The molecule has 0 bridgehead atoms. The van der Waals surface area contributed by atoms with Crippen molar-refractivity contribution >= 4 is 10.0 Å². The topological polar surface area (TPSA) is 103 Å². The van der Waals surface area contributed by atoms with Gasteiger partial charge >= 0.3 is 0 Å². The molecule has 2 N–H and O–H groups in total. The van der Waals surface area contributed by atoms with Gasteiger partial charge in [-0.3, -0.25) is 4.90 Å². The minimum absolute atomic E-state index is 0.0920. The molecule has 2 aliphatic rings. The summed E-state index contributed by atoms with van der Waals surface area (Å²) in [5.74, 6) is 0.353. The number of rotatable bonds is 9. The Morgan fingerprint density at radius 1 is 1.24 bits per heavy atom. The van der Waals surface area contributed by atoms with Gasteiger partial charge in [-0.1, -0.05) is 18.2 Å².